The molecule has 0 aliphatic carbocycles. The zero-order chi connectivity index (χ0) is 11.8. The largest absolute Gasteiger partial charge is 0.392 e. The van der Waals surface area contributed by atoms with Crippen molar-refractivity contribution >= 4 is 23.0 Å². The van der Waals surface area contributed by atoms with Crippen LogP contribution in [-0.2, 0) is 11.4 Å². The third-order valence-electron chi connectivity index (χ3n) is 2.11. The van der Waals surface area contributed by atoms with Crippen LogP contribution in [0.4, 0.5) is 0 Å². The Morgan fingerprint density at radius 1 is 1.44 bits per heavy atom. The molecule has 1 rings (SSSR count). The van der Waals surface area contributed by atoms with E-state index in [-0.39, 0.29) is 11.7 Å². The van der Waals surface area contributed by atoms with Crippen molar-refractivity contribution in [2.24, 2.45) is 0 Å². The number of carbonyl (C=O) groups excluding carboxylic acids is 1. The van der Waals surface area contributed by atoms with Gasteiger partial charge in [-0.05, 0) is 17.5 Å². The predicted octanol–water partition coefficient (Wildman–Crippen LogP) is 2.86. The molecule has 0 aliphatic heterocycles. The molecule has 1 N–H and O–H groups in total. The Labute approximate surface area is 100 Å². The van der Waals surface area contributed by atoms with E-state index >= 15 is 0 Å². The monoisotopic (exact) mass is 236 g/mol. The van der Waals surface area contributed by atoms with Crippen LogP contribution >= 0.6 is 11.8 Å². The number of rotatable bonds is 5. The molecular weight excluding hydrogens is 220 g/mol. The first-order valence-corrected chi connectivity index (χ1v) is 6.21. The Morgan fingerprint density at radius 2 is 2.19 bits per heavy atom. The number of hydrogen-bond donors (Lipinski definition) is 1. The molecule has 3 heteroatoms. The Bertz CT molecular complexity index is 372. The first kappa shape index (κ1) is 13.0. The van der Waals surface area contributed by atoms with Gasteiger partial charge in [-0.15, -0.1) is 0 Å². The highest BCUT2D eigenvalue weighted by Crippen LogP contribution is 2.11. The Balaban J connectivity index is 2.46. The fraction of sp³-hybridized carbons (Fsp3) is 0.308. The number of hydrogen-bond acceptors (Lipinski definition) is 3. The van der Waals surface area contributed by atoms with Crippen molar-refractivity contribution in [1.29, 1.82) is 0 Å². The summed E-state index contributed by atoms with van der Waals surface area (Å²) < 4.78 is 0. The average molecular weight is 236 g/mol. The SMILES string of the molecule is CC(=O)SCCC=Cc1ccccc1CO. The van der Waals surface area contributed by atoms with Crippen LogP contribution in [-0.4, -0.2) is 16.0 Å². The van der Waals surface area contributed by atoms with Gasteiger partial charge in [-0.1, -0.05) is 48.2 Å². The van der Waals surface area contributed by atoms with Gasteiger partial charge in [0.2, 0.25) is 0 Å². The maximum atomic E-state index is 10.7. The van der Waals surface area contributed by atoms with Crippen LogP contribution < -0.4 is 0 Å². The van der Waals surface area contributed by atoms with Crippen LogP contribution in [0.1, 0.15) is 24.5 Å². The highest BCUT2D eigenvalue weighted by atomic mass is 32.2. The summed E-state index contributed by atoms with van der Waals surface area (Å²) in [6, 6.07) is 7.74. The topological polar surface area (TPSA) is 37.3 Å². The van der Waals surface area contributed by atoms with E-state index < -0.39 is 0 Å². The third kappa shape index (κ3) is 4.64. The van der Waals surface area contributed by atoms with E-state index in [0.717, 1.165) is 23.3 Å². The van der Waals surface area contributed by atoms with Crippen molar-refractivity contribution in [3.63, 3.8) is 0 Å². The first-order chi connectivity index (χ1) is 7.74. The van der Waals surface area contributed by atoms with Crippen LogP contribution in [0.5, 0.6) is 0 Å². The van der Waals surface area contributed by atoms with Gasteiger partial charge in [0.1, 0.15) is 0 Å². The molecule has 0 spiro atoms. The van der Waals surface area contributed by atoms with E-state index in [1.165, 1.54) is 11.8 Å². The summed E-state index contributed by atoms with van der Waals surface area (Å²) in [6.07, 6.45) is 4.89. The summed E-state index contributed by atoms with van der Waals surface area (Å²) in [6.45, 7) is 1.64. The first-order valence-electron chi connectivity index (χ1n) is 5.22. The smallest absolute Gasteiger partial charge is 0.185 e. The van der Waals surface area contributed by atoms with Gasteiger partial charge in [0.15, 0.2) is 5.12 Å². The van der Waals surface area contributed by atoms with E-state index in [1.807, 2.05) is 36.4 Å². The normalized spacial score (nSPS) is 10.9. The summed E-state index contributed by atoms with van der Waals surface area (Å²) >= 11 is 1.34. The number of carbonyl (C=O) groups is 1. The highest BCUT2D eigenvalue weighted by molar-refractivity contribution is 8.13. The summed E-state index contributed by atoms with van der Waals surface area (Å²) in [4.78, 5) is 10.7. The van der Waals surface area contributed by atoms with Crippen molar-refractivity contribution in [3.05, 3.63) is 41.5 Å². The molecule has 0 saturated carbocycles. The van der Waals surface area contributed by atoms with Crippen molar-refractivity contribution in [3.8, 4) is 0 Å². The molecule has 0 heterocycles. The number of thioether (sulfide) groups is 1. The van der Waals surface area contributed by atoms with Crippen LogP contribution in [0.15, 0.2) is 30.3 Å². The fourth-order valence-electron chi connectivity index (χ4n) is 1.32. The summed E-state index contributed by atoms with van der Waals surface area (Å²) in [5.74, 6) is 0.813. The van der Waals surface area contributed by atoms with Gasteiger partial charge in [-0.3, -0.25) is 4.79 Å². The minimum absolute atomic E-state index is 0.0582. The lowest BCUT2D eigenvalue weighted by atomic mass is 10.1. The minimum Gasteiger partial charge on any atom is -0.392 e. The van der Waals surface area contributed by atoms with Gasteiger partial charge in [0.05, 0.1) is 6.61 Å². The van der Waals surface area contributed by atoms with Gasteiger partial charge >= 0.3 is 0 Å². The number of aliphatic hydroxyl groups excluding tert-OH is 1. The molecule has 16 heavy (non-hydrogen) atoms. The molecule has 0 aromatic heterocycles. The molecule has 0 atom stereocenters. The van der Waals surface area contributed by atoms with Crippen LogP contribution in [0.2, 0.25) is 0 Å². The third-order valence-corrected chi connectivity index (χ3v) is 2.96. The van der Waals surface area contributed by atoms with Crippen LogP contribution in [0.25, 0.3) is 6.08 Å². The van der Waals surface area contributed by atoms with Gasteiger partial charge in [0.25, 0.3) is 0 Å². The number of allylic oxidation sites excluding steroid dienone is 1. The Morgan fingerprint density at radius 3 is 2.88 bits per heavy atom. The summed E-state index contributed by atoms with van der Waals surface area (Å²) in [5, 5.41) is 9.27. The maximum absolute atomic E-state index is 10.7. The van der Waals surface area contributed by atoms with E-state index in [0.29, 0.717) is 0 Å². The highest BCUT2D eigenvalue weighted by Gasteiger charge is 1.95. The Kier molecular flexibility index (Phi) is 5.90. The van der Waals surface area contributed by atoms with Crippen molar-refractivity contribution in [2.45, 2.75) is 20.0 Å². The summed E-state index contributed by atoms with van der Waals surface area (Å²) in [5.41, 5.74) is 1.97. The predicted molar refractivity (Wildman–Crippen MR) is 69.2 cm³/mol. The van der Waals surface area contributed by atoms with Gasteiger partial charge in [0, 0.05) is 12.7 Å². The maximum Gasteiger partial charge on any atom is 0.185 e. The van der Waals surface area contributed by atoms with E-state index in [1.54, 1.807) is 6.92 Å². The zero-order valence-corrected chi connectivity index (χ0v) is 10.2. The standard InChI is InChI=1S/C13H16O2S/c1-11(15)16-9-5-4-7-12-6-2-3-8-13(12)10-14/h2-4,6-8,14H,5,9-10H2,1H3. The number of benzene rings is 1. The second-order valence-electron chi connectivity index (χ2n) is 3.39. The molecule has 0 radical (unpaired) electrons. The van der Waals surface area contributed by atoms with Crippen molar-refractivity contribution in [2.75, 3.05) is 5.75 Å². The number of aliphatic hydroxyl groups is 1. The van der Waals surface area contributed by atoms with Crippen molar-refractivity contribution in [1.82, 2.24) is 0 Å². The molecule has 0 unspecified atom stereocenters. The second-order valence-corrected chi connectivity index (χ2v) is 4.66. The molecule has 86 valence electrons. The molecule has 0 aliphatic rings. The van der Waals surface area contributed by atoms with E-state index in [9.17, 15) is 4.79 Å². The Hall–Kier alpha value is -1.06. The molecule has 0 amide bonds. The molecule has 1 aromatic rings. The quantitative estimate of drug-likeness (QED) is 0.799. The molecule has 1 aromatic carbocycles. The summed E-state index contributed by atoms with van der Waals surface area (Å²) in [7, 11) is 0. The molecule has 0 saturated heterocycles. The molecular formula is C13H16O2S. The van der Waals surface area contributed by atoms with Gasteiger partial charge < -0.3 is 5.11 Å². The van der Waals surface area contributed by atoms with Crippen LogP contribution in [0, 0.1) is 0 Å². The van der Waals surface area contributed by atoms with Gasteiger partial charge in [-0.25, -0.2) is 0 Å². The molecule has 0 bridgehead atoms. The van der Waals surface area contributed by atoms with Gasteiger partial charge in [-0.2, -0.15) is 0 Å². The van der Waals surface area contributed by atoms with E-state index in [2.05, 4.69) is 0 Å². The zero-order valence-electron chi connectivity index (χ0n) is 9.35. The van der Waals surface area contributed by atoms with Crippen molar-refractivity contribution < 1.29 is 9.90 Å². The minimum atomic E-state index is 0.0582. The average Bonchev–Trinajstić information content (AvgIpc) is 2.29. The van der Waals surface area contributed by atoms with Crippen LogP contribution in [0.3, 0.4) is 0 Å². The lowest BCUT2D eigenvalue weighted by Gasteiger charge is -2.01. The lowest BCUT2D eigenvalue weighted by Crippen LogP contribution is -1.87. The molecule has 0 fully saturated rings. The lowest BCUT2D eigenvalue weighted by molar-refractivity contribution is -0.109. The van der Waals surface area contributed by atoms with E-state index in [4.69, 9.17) is 5.11 Å². The molecule has 2 nitrogen and oxygen atoms in total. The fourth-order valence-corrected chi connectivity index (χ4v) is 1.86. The second kappa shape index (κ2) is 7.25.